The second-order valence-corrected chi connectivity index (χ2v) is 7.31. The molecule has 0 heterocycles. The van der Waals surface area contributed by atoms with Crippen LogP contribution < -0.4 is 5.32 Å². The van der Waals surface area contributed by atoms with Gasteiger partial charge in [0.15, 0.2) is 0 Å². The van der Waals surface area contributed by atoms with Crippen molar-refractivity contribution < 1.29 is 36.8 Å². The molecule has 1 rings (SSSR count). The van der Waals surface area contributed by atoms with Crippen molar-refractivity contribution in [1.82, 2.24) is 4.90 Å². The van der Waals surface area contributed by atoms with E-state index in [0.29, 0.717) is 17.0 Å². The van der Waals surface area contributed by atoms with E-state index in [-0.39, 0.29) is 0 Å². The predicted octanol–water partition coefficient (Wildman–Crippen LogP) is 4.21. The highest BCUT2D eigenvalue weighted by molar-refractivity contribution is 5.87. The largest absolute Gasteiger partial charge is 0.444 e. The van der Waals surface area contributed by atoms with Gasteiger partial charge >= 0.3 is 12.3 Å². The van der Waals surface area contributed by atoms with Crippen LogP contribution in [0, 0.1) is 15.9 Å². The third kappa shape index (κ3) is 7.20. The van der Waals surface area contributed by atoms with Crippen LogP contribution in [0.1, 0.15) is 39.2 Å². The number of nitro benzene ring substituents is 1. The number of hydrogen-bond acceptors (Lipinski definition) is 5. The Kier molecular flexibility index (Phi) is 7.17. The number of halogens is 4. The summed E-state index contributed by atoms with van der Waals surface area (Å²) in [7, 11) is 0.882. The van der Waals surface area contributed by atoms with Gasteiger partial charge in [-0.3, -0.25) is 20.2 Å². The van der Waals surface area contributed by atoms with Crippen molar-refractivity contribution in [2.75, 3.05) is 18.9 Å². The summed E-state index contributed by atoms with van der Waals surface area (Å²) >= 11 is 0. The molecule has 1 aromatic carbocycles. The summed E-state index contributed by atoms with van der Waals surface area (Å²) < 4.78 is 56.8. The molecule has 8 nitrogen and oxygen atoms in total. The van der Waals surface area contributed by atoms with Crippen molar-refractivity contribution in [3.63, 3.8) is 0 Å². The third-order valence-electron chi connectivity index (χ3n) is 3.58. The molecule has 0 bridgehead atoms. The minimum absolute atomic E-state index is 0.346. The van der Waals surface area contributed by atoms with Gasteiger partial charge in [-0.15, -0.1) is 0 Å². The Morgan fingerprint density at radius 3 is 2.28 bits per heavy atom. The average Bonchev–Trinajstić information content (AvgIpc) is 2.51. The molecule has 0 aliphatic heterocycles. The molecule has 2 amide bonds. The Bertz CT molecular complexity index is 805. The topological polar surface area (TPSA) is 102 Å². The first-order valence-electron chi connectivity index (χ1n) is 8.31. The Morgan fingerprint density at radius 2 is 1.83 bits per heavy atom. The number of likely N-dealkylation sites (N-methyl/N-ethyl adjacent to an activating group) is 1. The monoisotopic (exact) mass is 423 g/mol. The van der Waals surface area contributed by atoms with Crippen LogP contribution in [0.5, 0.6) is 0 Å². The molecule has 1 N–H and O–H groups in total. The fourth-order valence-corrected chi connectivity index (χ4v) is 2.40. The van der Waals surface area contributed by atoms with E-state index in [0.717, 1.165) is 14.0 Å². The molecule has 1 aromatic rings. The van der Waals surface area contributed by atoms with Crippen LogP contribution in [0.25, 0.3) is 0 Å². The third-order valence-corrected chi connectivity index (χ3v) is 3.58. The van der Waals surface area contributed by atoms with E-state index < -0.39 is 63.9 Å². The highest BCUT2D eigenvalue weighted by Crippen LogP contribution is 2.33. The van der Waals surface area contributed by atoms with Gasteiger partial charge in [-0.25, -0.2) is 9.18 Å². The van der Waals surface area contributed by atoms with E-state index in [4.69, 9.17) is 4.74 Å². The van der Waals surface area contributed by atoms with Crippen molar-refractivity contribution >= 4 is 23.4 Å². The number of carbonyl (C=O) groups excluding carboxylic acids is 2. The molecule has 0 radical (unpaired) electrons. The van der Waals surface area contributed by atoms with Gasteiger partial charge in [-0.2, -0.15) is 13.2 Å². The lowest BCUT2D eigenvalue weighted by Gasteiger charge is -2.23. The molecule has 12 heteroatoms. The first-order valence-corrected chi connectivity index (χ1v) is 8.31. The van der Waals surface area contributed by atoms with Gasteiger partial charge in [0.05, 0.1) is 16.5 Å². The van der Waals surface area contributed by atoms with E-state index in [1.54, 1.807) is 20.8 Å². The first kappa shape index (κ1) is 24.1. The lowest BCUT2D eigenvalue weighted by molar-refractivity contribution is -0.385. The molecule has 0 spiro atoms. The molecule has 0 aliphatic rings. The summed E-state index contributed by atoms with van der Waals surface area (Å²) in [4.78, 5) is 34.8. The Morgan fingerprint density at radius 1 is 1.28 bits per heavy atom. The summed E-state index contributed by atoms with van der Waals surface area (Å²) in [6, 6.07) is 1.32. The highest BCUT2D eigenvalue weighted by atomic mass is 19.4. The predicted molar refractivity (Wildman–Crippen MR) is 95.0 cm³/mol. The van der Waals surface area contributed by atoms with Gasteiger partial charge in [-0.1, -0.05) is 0 Å². The molecular weight excluding hydrogens is 402 g/mol. The van der Waals surface area contributed by atoms with Crippen LogP contribution in [0.15, 0.2) is 12.1 Å². The zero-order valence-corrected chi connectivity index (χ0v) is 16.4. The van der Waals surface area contributed by atoms with Crippen LogP contribution >= 0.6 is 0 Å². The number of nitro groups is 1. The lowest BCUT2D eigenvalue weighted by atomic mass is 9.97. The zero-order chi connectivity index (χ0) is 22.7. The second-order valence-electron chi connectivity index (χ2n) is 7.31. The number of anilines is 1. The van der Waals surface area contributed by atoms with Gasteiger partial charge in [0.25, 0.3) is 5.69 Å². The minimum Gasteiger partial charge on any atom is -0.444 e. The van der Waals surface area contributed by atoms with E-state index in [2.05, 4.69) is 0 Å². The fourth-order valence-electron chi connectivity index (χ4n) is 2.40. The standard InChI is InChI=1S/C17H21F4N3O5/c1-9(14(25)23(5)8-17(19,20)21)10-6-11(18)12(7-13(10)24(27)28)22-15(26)29-16(2,3)4/h6-7,9H,8H2,1-5H3,(H,22,26). The van der Waals surface area contributed by atoms with Gasteiger partial charge in [0, 0.05) is 18.7 Å². The van der Waals surface area contributed by atoms with E-state index >= 15 is 0 Å². The van der Waals surface area contributed by atoms with Crippen molar-refractivity contribution in [3.8, 4) is 0 Å². The summed E-state index contributed by atoms with van der Waals surface area (Å²) in [6.07, 6.45) is -5.73. The number of ether oxygens (including phenoxy) is 1. The summed E-state index contributed by atoms with van der Waals surface area (Å²) in [6.45, 7) is 4.22. The Labute approximate surface area is 164 Å². The van der Waals surface area contributed by atoms with Crippen molar-refractivity contribution in [2.24, 2.45) is 0 Å². The molecule has 0 fully saturated rings. The highest BCUT2D eigenvalue weighted by Gasteiger charge is 2.35. The first-order chi connectivity index (χ1) is 13.0. The van der Waals surface area contributed by atoms with Crippen molar-refractivity contribution in [2.45, 2.75) is 45.4 Å². The van der Waals surface area contributed by atoms with Gasteiger partial charge in [-0.05, 0) is 33.8 Å². The minimum atomic E-state index is -4.66. The molecule has 1 unspecified atom stereocenters. The van der Waals surface area contributed by atoms with Gasteiger partial charge in [0.1, 0.15) is 18.0 Å². The maximum Gasteiger partial charge on any atom is 0.412 e. The number of alkyl halides is 3. The molecule has 0 saturated heterocycles. The SMILES string of the molecule is CC(C(=O)N(C)CC(F)(F)F)c1cc(F)c(NC(=O)OC(C)(C)C)cc1[N+](=O)[O-]. The lowest BCUT2D eigenvalue weighted by Crippen LogP contribution is -2.38. The smallest absolute Gasteiger partial charge is 0.412 e. The number of nitrogens with one attached hydrogen (secondary N) is 1. The van der Waals surface area contributed by atoms with Crippen molar-refractivity contribution in [3.05, 3.63) is 33.6 Å². The quantitative estimate of drug-likeness (QED) is 0.434. The maximum absolute atomic E-state index is 14.4. The van der Waals surface area contributed by atoms with Gasteiger partial charge in [0.2, 0.25) is 5.91 Å². The van der Waals surface area contributed by atoms with Crippen LogP contribution in [0.3, 0.4) is 0 Å². The molecule has 0 aliphatic carbocycles. The molecule has 29 heavy (non-hydrogen) atoms. The van der Waals surface area contributed by atoms with E-state index in [1.165, 1.54) is 0 Å². The van der Waals surface area contributed by atoms with Crippen molar-refractivity contribution in [1.29, 1.82) is 0 Å². The molecule has 162 valence electrons. The second kappa shape index (κ2) is 8.62. The van der Waals surface area contributed by atoms with Crippen LogP contribution in [0.4, 0.5) is 33.7 Å². The molecular formula is C17H21F4N3O5. The van der Waals surface area contributed by atoms with E-state index in [1.807, 2.05) is 5.32 Å². The van der Waals surface area contributed by atoms with Gasteiger partial charge < -0.3 is 9.64 Å². The van der Waals surface area contributed by atoms with Crippen LogP contribution in [-0.4, -0.2) is 47.2 Å². The summed E-state index contributed by atoms with van der Waals surface area (Å²) in [5, 5.41) is 13.4. The summed E-state index contributed by atoms with van der Waals surface area (Å²) in [5.74, 6) is -3.64. The average molecular weight is 423 g/mol. The van der Waals surface area contributed by atoms with Crippen LogP contribution in [0.2, 0.25) is 0 Å². The number of amides is 2. The van der Waals surface area contributed by atoms with Crippen LogP contribution in [-0.2, 0) is 9.53 Å². The Balaban J connectivity index is 3.22. The normalized spacial score (nSPS) is 12.9. The Hall–Kier alpha value is -2.92. The molecule has 0 saturated carbocycles. The number of hydrogen-bond donors (Lipinski definition) is 1. The number of carbonyl (C=O) groups is 2. The zero-order valence-electron chi connectivity index (χ0n) is 16.4. The molecule has 1 atom stereocenters. The maximum atomic E-state index is 14.4. The fraction of sp³-hybridized carbons (Fsp3) is 0.529. The summed E-state index contributed by atoms with van der Waals surface area (Å²) in [5.41, 5.74) is -2.64. The number of nitrogens with zero attached hydrogens (tertiary/aromatic N) is 2. The van der Waals surface area contributed by atoms with E-state index in [9.17, 15) is 37.3 Å². The number of rotatable bonds is 5. The molecule has 0 aromatic heterocycles. The number of benzene rings is 1.